The fraction of sp³-hybridized carbons (Fsp3) is 0.188. The van der Waals surface area contributed by atoms with Crippen molar-refractivity contribution in [2.24, 2.45) is 5.73 Å². The zero-order valence-electron chi connectivity index (χ0n) is 11.8. The molecule has 4 N–H and O–H groups in total. The Balaban J connectivity index is 0.000000254. The van der Waals surface area contributed by atoms with Crippen LogP contribution in [0.2, 0.25) is 0 Å². The molecular weight excluding hydrogens is 284 g/mol. The van der Waals surface area contributed by atoms with Gasteiger partial charge in [-0.1, -0.05) is 30.3 Å². The summed E-state index contributed by atoms with van der Waals surface area (Å²) in [5.41, 5.74) is 11.2. The number of carboxylic acid groups (broad SMARTS) is 2. The van der Waals surface area contributed by atoms with Crippen molar-refractivity contribution in [2.45, 2.75) is 18.9 Å². The molecule has 22 heavy (non-hydrogen) atoms. The average molecular weight is 300 g/mol. The highest BCUT2D eigenvalue weighted by Crippen LogP contribution is 2.29. The number of benzene rings is 1. The molecule has 0 saturated carbocycles. The second-order valence-corrected chi connectivity index (χ2v) is 4.83. The molecule has 1 aromatic heterocycles. The number of carbonyl (C=O) groups is 2. The van der Waals surface area contributed by atoms with Gasteiger partial charge < -0.3 is 15.9 Å². The number of fused-ring (bicyclic) bond motifs is 2. The minimum absolute atomic E-state index is 0.0256. The van der Waals surface area contributed by atoms with E-state index in [1.54, 1.807) is 0 Å². The summed E-state index contributed by atoms with van der Waals surface area (Å²) in [5.74, 6) is -3.65. The maximum atomic E-state index is 9.10. The minimum Gasteiger partial charge on any atom is -0.473 e. The Morgan fingerprint density at radius 2 is 1.64 bits per heavy atom. The minimum atomic E-state index is -1.82. The molecule has 6 heteroatoms. The van der Waals surface area contributed by atoms with Crippen molar-refractivity contribution in [1.29, 1.82) is 0 Å². The van der Waals surface area contributed by atoms with E-state index in [1.807, 2.05) is 12.3 Å². The maximum Gasteiger partial charge on any atom is 0.414 e. The second-order valence-electron chi connectivity index (χ2n) is 4.83. The first-order valence-corrected chi connectivity index (χ1v) is 6.74. The molecule has 0 amide bonds. The Hall–Kier alpha value is -2.73. The Morgan fingerprint density at radius 1 is 1.00 bits per heavy atom. The van der Waals surface area contributed by atoms with Gasteiger partial charge in [-0.15, -0.1) is 0 Å². The standard InChI is InChI=1S/C14H14N2.C2H2O4/c15-14-11-5-2-1-4-10(11)7-8-13-12(14)6-3-9-16-13;3-1(4)2(5)6/h1-6,9,14H,7-8,15H2;(H,3,4)(H,5,6). The lowest BCUT2D eigenvalue weighted by molar-refractivity contribution is -0.159. The molecular formula is C16H16N2O4. The Bertz CT molecular complexity index is 641. The van der Waals surface area contributed by atoms with E-state index in [-0.39, 0.29) is 6.04 Å². The molecule has 1 aliphatic rings. The van der Waals surface area contributed by atoms with E-state index in [2.05, 4.69) is 35.3 Å². The first-order valence-electron chi connectivity index (χ1n) is 6.74. The number of aryl methyl sites for hydroxylation is 2. The van der Waals surface area contributed by atoms with E-state index in [9.17, 15) is 0 Å². The van der Waals surface area contributed by atoms with Gasteiger partial charge in [0.25, 0.3) is 0 Å². The van der Waals surface area contributed by atoms with Crippen LogP contribution in [-0.2, 0) is 22.4 Å². The van der Waals surface area contributed by atoms with Crippen molar-refractivity contribution in [2.75, 3.05) is 0 Å². The van der Waals surface area contributed by atoms with E-state index in [1.165, 1.54) is 16.7 Å². The first kappa shape index (κ1) is 15.7. The number of hydrogen-bond acceptors (Lipinski definition) is 4. The van der Waals surface area contributed by atoms with Gasteiger partial charge in [-0.05, 0) is 35.6 Å². The highest BCUT2D eigenvalue weighted by molar-refractivity contribution is 6.27. The summed E-state index contributed by atoms with van der Waals surface area (Å²) in [6, 6.07) is 12.5. The van der Waals surface area contributed by atoms with Crippen molar-refractivity contribution in [1.82, 2.24) is 4.98 Å². The zero-order chi connectivity index (χ0) is 16.1. The fourth-order valence-electron chi connectivity index (χ4n) is 2.43. The zero-order valence-corrected chi connectivity index (χ0v) is 11.8. The lowest BCUT2D eigenvalue weighted by atomic mass is 9.97. The SMILES string of the molecule is NC1c2ccccc2CCc2ncccc21.O=C(O)C(=O)O. The van der Waals surface area contributed by atoms with E-state index in [4.69, 9.17) is 25.5 Å². The van der Waals surface area contributed by atoms with Gasteiger partial charge in [0.2, 0.25) is 0 Å². The smallest absolute Gasteiger partial charge is 0.414 e. The van der Waals surface area contributed by atoms with Gasteiger partial charge in [0, 0.05) is 11.9 Å². The topological polar surface area (TPSA) is 114 Å². The molecule has 0 saturated heterocycles. The van der Waals surface area contributed by atoms with Crippen LogP contribution >= 0.6 is 0 Å². The molecule has 2 aromatic rings. The molecule has 3 rings (SSSR count). The van der Waals surface area contributed by atoms with Crippen molar-refractivity contribution < 1.29 is 19.8 Å². The van der Waals surface area contributed by atoms with Crippen LogP contribution in [0.5, 0.6) is 0 Å². The molecule has 0 fully saturated rings. The summed E-state index contributed by atoms with van der Waals surface area (Å²) in [7, 11) is 0. The van der Waals surface area contributed by atoms with Gasteiger partial charge in [-0.3, -0.25) is 4.98 Å². The molecule has 114 valence electrons. The van der Waals surface area contributed by atoms with Gasteiger partial charge in [-0.25, -0.2) is 9.59 Å². The highest BCUT2D eigenvalue weighted by atomic mass is 16.4. The number of aromatic nitrogens is 1. The van der Waals surface area contributed by atoms with E-state index in [0.29, 0.717) is 0 Å². The van der Waals surface area contributed by atoms with Crippen LogP contribution in [0.15, 0.2) is 42.6 Å². The van der Waals surface area contributed by atoms with Crippen molar-refractivity contribution in [3.8, 4) is 0 Å². The van der Waals surface area contributed by atoms with Crippen LogP contribution in [0.25, 0.3) is 0 Å². The van der Waals surface area contributed by atoms with Crippen LogP contribution in [-0.4, -0.2) is 27.1 Å². The molecule has 1 atom stereocenters. The summed E-state index contributed by atoms with van der Waals surface area (Å²) >= 11 is 0. The van der Waals surface area contributed by atoms with Crippen LogP contribution in [0, 0.1) is 0 Å². The monoisotopic (exact) mass is 300 g/mol. The Kier molecular flexibility index (Phi) is 4.85. The molecule has 6 nitrogen and oxygen atoms in total. The normalized spacial score (nSPS) is 15.4. The predicted octanol–water partition coefficient (Wildman–Crippen LogP) is 1.38. The highest BCUT2D eigenvalue weighted by Gasteiger charge is 2.20. The quantitative estimate of drug-likeness (QED) is 0.633. The molecule has 0 radical (unpaired) electrons. The third-order valence-electron chi connectivity index (χ3n) is 3.46. The summed E-state index contributed by atoms with van der Waals surface area (Å²) in [6.45, 7) is 0. The summed E-state index contributed by atoms with van der Waals surface area (Å²) in [6.07, 6.45) is 3.87. The maximum absolute atomic E-state index is 9.10. The summed E-state index contributed by atoms with van der Waals surface area (Å²) in [4.78, 5) is 22.6. The van der Waals surface area contributed by atoms with Crippen molar-refractivity contribution >= 4 is 11.9 Å². The fourth-order valence-corrected chi connectivity index (χ4v) is 2.43. The van der Waals surface area contributed by atoms with Gasteiger partial charge in [0.15, 0.2) is 0 Å². The van der Waals surface area contributed by atoms with Crippen LogP contribution in [0.3, 0.4) is 0 Å². The van der Waals surface area contributed by atoms with Crippen molar-refractivity contribution in [3.63, 3.8) is 0 Å². The second kappa shape index (κ2) is 6.82. The molecule has 0 spiro atoms. The number of nitrogens with zero attached hydrogens (tertiary/aromatic N) is 1. The van der Waals surface area contributed by atoms with Gasteiger partial charge in [0.05, 0.1) is 6.04 Å². The van der Waals surface area contributed by atoms with Crippen LogP contribution in [0.1, 0.15) is 28.4 Å². The van der Waals surface area contributed by atoms with Crippen LogP contribution < -0.4 is 5.73 Å². The lowest BCUT2D eigenvalue weighted by Crippen LogP contribution is -2.13. The average Bonchev–Trinajstić information content (AvgIpc) is 2.66. The Morgan fingerprint density at radius 3 is 2.32 bits per heavy atom. The third-order valence-corrected chi connectivity index (χ3v) is 3.46. The molecule has 1 aliphatic carbocycles. The van der Waals surface area contributed by atoms with Crippen molar-refractivity contribution in [3.05, 3.63) is 65.0 Å². The number of rotatable bonds is 0. The number of aliphatic carboxylic acids is 2. The Labute approximate surface area is 127 Å². The molecule has 1 aromatic carbocycles. The molecule has 0 aliphatic heterocycles. The van der Waals surface area contributed by atoms with E-state index in [0.717, 1.165) is 18.5 Å². The number of nitrogens with two attached hydrogens (primary N) is 1. The largest absolute Gasteiger partial charge is 0.473 e. The van der Waals surface area contributed by atoms with Crippen LogP contribution in [0.4, 0.5) is 0 Å². The predicted molar refractivity (Wildman–Crippen MR) is 79.4 cm³/mol. The summed E-state index contributed by atoms with van der Waals surface area (Å²) < 4.78 is 0. The number of pyridine rings is 1. The molecule has 0 bridgehead atoms. The number of carboxylic acids is 2. The van der Waals surface area contributed by atoms with E-state index >= 15 is 0 Å². The molecule has 1 unspecified atom stereocenters. The van der Waals surface area contributed by atoms with Gasteiger partial charge in [0.1, 0.15) is 0 Å². The third kappa shape index (κ3) is 3.48. The number of hydrogen-bond donors (Lipinski definition) is 3. The lowest BCUT2D eigenvalue weighted by Gasteiger charge is -2.14. The molecule has 1 heterocycles. The first-order chi connectivity index (χ1) is 10.5. The van der Waals surface area contributed by atoms with Gasteiger partial charge in [-0.2, -0.15) is 0 Å². The van der Waals surface area contributed by atoms with E-state index < -0.39 is 11.9 Å². The summed E-state index contributed by atoms with van der Waals surface area (Å²) in [5, 5.41) is 14.8. The van der Waals surface area contributed by atoms with Gasteiger partial charge >= 0.3 is 11.9 Å².